The van der Waals surface area contributed by atoms with Gasteiger partial charge in [-0.15, -0.1) is 0 Å². The van der Waals surface area contributed by atoms with Crippen LogP contribution in [0.3, 0.4) is 0 Å². The molecule has 0 bridgehead atoms. The van der Waals surface area contributed by atoms with Crippen molar-refractivity contribution in [1.82, 2.24) is 24.5 Å². The largest absolute Gasteiger partial charge is 0.492 e. The Morgan fingerprint density at radius 2 is 1.72 bits per heavy atom. The first kappa shape index (κ1) is 19.9. The molecule has 0 saturated carbocycles. The Hall–Kier alpha value is -2.40. The van der Waals surface area contributed by atoms with Gasteiger partial charge in [-0.3, -0.25) is 14.5 Å². The van der Waals surface area contributed by atoms with Gasteiger partial charge in [0, 0.05) is 52.4 Å². The number of benzene rings is 1. The first-order chi connectivity index (χ1) is 14.2. The van der Waals surface area contributed by atoms with Gasteiger partial charge in [-0.1, -0.05) is 19.1 Å². The van der Waals surface area contributed by atoms with Gasteiger partial charge < -0.3 is 9.64 Å². The second-order valence-electron chi connectivity index (χ2n) is 7.83. The lowest BCUT2D eigenvalue weighted by molar-refractivity contribution is 0.121. The van der Waals surface area contributed by atoms with Crippen molar-refractivity contribution >= 4 is 0 Å². The van der Waals surface area contributed by atoms with Crippen LogP contribution in [0.25, 0.3) is 0 Å². The monoisotopic (exact) mass is 394 g/mol. The molecule has 4 rings (SSSR count). The Kier molecular flexibility index (Phi) is 6.45. The van der Waals surface area contributed by atoms with Crippen molar-refractivity contribution in [2.45, 2.75) is 26.6 Å². The molecule has 2 aliphatic rings. The van der Waals surface area contributed by atoms with Crippen molar-refractivity contribution in [2.24, 2.45) is 0 Å². The van der Waals surface area contributed by atoms with Crippen molar-refractivity contribution in [1.29, 1.82) is 5.26 Å². The molecule has 0 radical (unpaired) electrons. The molecule has 0 N–H and O–H groups in total. The summed E-state index contributed by atoms with van der Waals surface area (Å²) in [4.78, 5) is 7.37. The summed E-state index contributed by atoms with van der Waals surface area (Å²) in [7, 11) is 0. The van der Waals surface area contributed by atoms with Crippen LogP contribution in [0.4, 0.5) is 0 Å². The molecule has 7 nitrogen and oxygen atoms in total. The molecule has 1 saturated heterocycles. The van der Waals surface area contributed by atoms with Crippen LogP contribution >= 0.6 is 0 Å². The van der Waals surface area contributed by atoms with Crippen molar-refractivity contribution in [3.63, 3.8) is 0 Å². The van der Waals surface area contributed by atoms with Crippen LogP contribution in [-0.2, 0) is 19.6 Å². The normalized spacial score (nSPS) is 18.3. The van der Waals surface area contributed by atoms with E-state index in [4.69, 9.17) is 10.00 Å². The van der Waals surface area contributed by atoms with Gasteiger partial charge in [-0.05, 0) is 30.3 Å². The first-order valence-electron chi connectivity index (χ1n) is 10.6. The van der Waals surface area contributed by atoms with Crippen LogP contribution in [0.2, 0.25) is 0 Å². The van der Waals surface area contributed by atoms with E-state index in [9.17, 15) is 0 Å². The molecule has 7 heteroatoms. The third-order valence-corrected chi connectivity index (χ3v) is 5.91. The zero-order valence-electron chi connectivity index (χ0n) is 17.3. The van der Waals surface area contributed by atoms with Crippen LogP contribution < -0.4 is 4.74 Å². The second kappa shape index (κ2) is 9.40. The number of rotatable bonds is 7. The van der Waals surface area contributed by atoms with E-state index in [1.165, 1.54) is 18.7 Å². The summed E-state index contributed by atoms with van der Waals surface area (Å²) in [6.45, 7) is 13.2. The van der Waals surface area contributed by atoms with Gasteiger partial charge in [-0.2, -0.15) is 10.4 Å². The zero-order chi connectivity index (χ0) is 20.1. The molecule has 0 amide bonds. The van der Waals surface area contributed by atoms with Crippen LogP contribution in [0.5, 0.6) is 5.75 Å². The first-order valence-corrected chi connectivity index (χ1v) is 10.6. The number of nitrogens with zero attached hydrogens (tertiary/aromatic N) is 6. The second-order valence-corrected chi connectivity index (χ2v) is 7.83. The molecular weight excluding hydrogens is 364 g/mol. The minimum Gasteiger partial charge on any atom is -0.492 e. The lowest BCUT2D eigenvalue weighted by Crippen LogP contribution is -2.47. The molecule has 29 heavy (non-hydrogen) atoms. The number of piperazine rings is 1. The quantitative estimate of drug-likeness (QED) is 0.714. The third kappa shape index (κ3) is 5.15. The average molecular weight is 395 g/mol. The molecule has 154 valence electrons. The van der Waals surface area contributed by atoms with E-state index in [2.05, 4.69) is 57.1 Å². The maximum atomic E-state index is 9.01. The van der Waals surface area contributed by atoms with Gasteiger partial charge in [-0.25, -0.2) is 0 Å². The van der Waals surface area contributed by atoms with E-state index in [1.54, 1.807) is 0 Å². The summed E-state index contributed by atoms with van der Waals surface area (Å²) in [5.41, 5.74) is 2.91. The smallest absolute Gasteiger partial charge is 0.162 e. The van der Waals surface area contributed by atoms with Crippen molar-refractivity contribution in [3.05, 3.63) is 47.3 Å². The van der Waals surface area contributed by atoms with Crippen LogP contribution in [0, 0.1) is 11.3 Å². The molecule has 0 atom stereocenters. The molecule has 1 fully saturated rings. The van der Waals surface area contributed by atoms with Gasteiger partial charge in [0.2, 0.25) is 0 Å². The summed E-state index contributed by atoms with van der Waals surface area (Å²) in [5.74, 6) is 0.941. The lowest BCUT2D eigenvalue weighted by Gasteiger charge is -2.33. The molecule has 2 aromatic rings. The highest BCUT2D eigenvalue weighted by molar-refractivity contribution is 5.28. The SMILES string of the molecule is CCN1CCN(CCOc2ccc(CN3CCn4nc(C#N)cc4C3)cc2)CC1. The number of aromatic nitrogens is 2. The van der Waals surface area contributed by atoms with E-state index in [0.29, 0.717) is 5.69 Å². The molecule has 0 unspecified atom stereocenters. The van der Waals surface area contributed by atoms with E-state index in [1.807, 2.05) is 10.7 Å². The highest BCUT2D eigenvalue weighted by Gasteiger charge is 2.18. The van der Waals surface area contributed by atoms with Gasteiger partial charge in [0.05, 0.1) is 12.2 Å². The predicted octanol–water partition coefficient (Wildman–Crippen LogP) is 1.79. The van der Waals surface area contributed by atoms with Crippen LogP contribution in [-0.4, -0.2) is 76.9 Å². The van der Waals surface area contributed by atoms with E-state index >= 15 is 0 Å². The van der Waals surface area contributed by atoms with Crippen LogP contribution in [0.1, 0.15) is 23.9 Å². The Morgan fingerprint density at radius 3 is 2.45 bits per heavy atom. The van der Waals surface area contributed by atoms with Crippen LogP contribution in [0.15, 0.2) is 30.3 Å². The average Bonchev–Trinajstić information content (AvgIpc) is 3.18. The minimum atomic E-state index is 0.510. The Bertz CT molecular complexity index is 832. The summed E-state index contributed by atoms with van der Waals surface area (Å²) < 4.78 is 7.91. The van der Waals surface area contributed by atoms with Gasteiger partial charge in [0.15, 0.2) is 5.69 Å². The van der Waals surface area contributed by atoms with Crippen molar-refractivity contribution in [3.8, 4) is 11.8 Å². The predicted molar refractivity (Wildman–Crippen MR) is 112 cm³/mol. The molecule has 3 heterocycles. The summed E-state index contributed by atoms with van der Waals surface area (Å²) >= 11 is 0. The fourth-order valence-electron chi connectivity index (χ4n) is 4.08. The Morgan fingerprint density at radius 1 is 1.00 bits per heavy atom. The molecule has 0 spiro atoms. The number of fused-ring (bicyclic) bond motifs is 1. The number of hydrogen-bond donors (Lipinski definition) is 0. The van der Waals surface area contributed by atoms with E-state index in [0.717, 1.165) is 70.4 Å². The van der Waals surface area contributed by atoms with Gasteiger partial charge in [0.25, 0.3) is 0 Å². The highest BCUT2D eigenvalue weighted by atomic mass is 16.5. The molecule has 2 aliphatic heterocycles. The Labute approximate surface area is 173 Å². The van der Waals surface area contributed by atoms with Crippen molar-refractivity contribution < 1.29 is 4.74 Å². The van der Waals surface area contributed by atoms with Crippen molar-refractivity contribution in [2.75, 3.05) is 52.4 Å². The number of nitriles is 1. The summed E-state index contributed by atoms with van der Waals surface area (Å²) in [5, 5.41) is 13.3. The fraction of sp³-hybridized carbons (Fsp3) is 0.545. The minimum absolute atomic E-state index is 0.510. The molecule has 1 aromatic carbocycles. The number of hydrogen-bond acceptors (Lipinski definition) is 6. The molecular formula is C22H30N6O. The van der Waals surface area contributed by atoms with E-state index < -0.39 is 0 Å². The van der Waals surface area contributed by atoms with E-state index in [-0.39, 0.29) is 0 Å². The standard InChI is InChI=1S/C22H30N6O/c1-2-25-7-9-26(10-8-25)13-14-29-22-5-3-19(4-6-22)17-27-11-12-28-21(18-27)15-20(16-23)24-28/h3-6,15H,2,7-14,17-18H2,1H3. The zero-order valence-corrected chi connectivity index (χ0v) is 17.3. The van der Waals surface area contributed by atoms with Gasteiger partial charge >= 0.3 is 0 Å². The molecule has 0 aliphatic carbocycles. The highest BCUT2D eigenvalue weighted by Crippen LogP contribution is 2.18. The maximum Gasteiger partial charge on any atom is 0.162 e. The number of likely N-dealkylation sites (N-methyl/N-ethyl adjacent to an activating group) is 1. The molecule has 1 aromatic heterocycles. The maximum absolute atomic E-state index is 9.01. The fourth-order valence-corrected chi connectivity index (χ4v) is 4.08. The Balaban J connectivity index is 1.21. The summed E-state index contributed by atoms with van der Waals surface area (Å²) in [6, 6.07) is 12.5. The third-order valence-electron chi connectivity index (χ3n) is 5.91. The van der Waals surface area contributed by atoms with Gasteiger partial charge in [0.1, 0.15) is 18.4 Å². The topological polar surface area (TPSA) is 60.6 Å². The lowest BCUT2D eigenvalue weighted by atomic mass is 10.2. The number of ether oxygens (including phenoxy) is 1. The summed E-state index contributed by atoms with van der Waals surface area (Å²) in [6.07, 6.45) is 0.